The van der Waals surface area contributed by atoms with Crippen LogP contribution in [0.1, 0.15) is 36.1 Å². The van der Waals surface area contributed by atoms with Gasteiger partial charge < -0.3 is 10.8 Å². The molecule has 1 fully saturated rings. The third-order valence-corrected chi connectivity index (χ3v) is 4.18. The van der Waals surface area contributed by atoms with Gasteiger partial charge in [-0.25, -0.2) is 0 Å². The van der Waals surface area contributed by atoms with Crippen LogP contribution in [0.4, 0.5) is 0 Å². The molecule has 3 nitrogen and oxygen atoms in total. The topological polar surface area (TPSA) is 49.5 Å². The van der Waals surface area contributed by atoms with Crippen LogP contribution in [-0.4, -0.2) is 30.1 Å². The van der Waals surface area contributed by atoms with Gasteiger partial charge in [0.25, 0.3) is 0 Å². The van der Waals surface area contributed by atoms with Gasteiger partial charge in [0.05, 0.1) is 0 Å². The normalized spacial score (nSPS) is 24.7. The molecule has 0 amide bonds. The van der Waals surface area contributed by atoms with Crippen molar-refractivity contribution in [3.8, 4) is 5.75 Å². The maximum absolute atomic E-state index is 9.89. The summed E-state index contributed by atoms with van der Waals surface area (Å²) in [6.45, 7) is 5.99. The molecular formula is C15H24N2O. The summed E-state index contributed by atoms with van der Waals surface area (Å²) in [5.74, 6) is 1.02. The molecule has 2 unspecified atom stereocenters. The van der Waals surface area contributed by atoms with Gasteiger partial charge in [0.15, 0.2) is 0 Å². The first-order chi connectivity index (χ1) is 8.56. The number of rotatable bonds is 3. The quantitative estimate of drug-likeness (QED) is 0.862. The van der Waals surface area contributed by atoms with Crippen LogP contribution >= 0.6 is 0 Å². The molecule has 3 N–H and O–H groups in total. The van der Waals surface area contributed by atoms with Gasteiger partial charge in [0, 0.05) is 12.6 Å². The Morgan fingerprint density at radius 2 is 2.17 bits per heavy atom. The molecule has 1 aromatic carbocycles. The second-order valence-electron chi connectivity index (χ2n) is 5.48. The summed E-state index contributed by atoms with van der Waals surface area (Å²) in [6, 6.07) is 4.52. The highest BCUT2D eigenvalue weighted by atomic mass is 16.3. The van der Waals surface area contributed by atoms with Crippen LogP contribution in [0.3, 0.4) is 0 Å². The molecule has 0 bridgehead atoms. The number of phenolic OH excluding ortho intramolecular Hbond substituents is 1. The molecular weight excluding hydrogens is 224 g/mol. The maximum Gasteiger partial charge on any atom is 0.119 e. The van der Waals surface area contributed by atoms with Crippen molar-refractivity contribution in [3.05, 3.63) is 28.8 Å². The Hall–Kier alpha value is -1.06. The standard InChI is InChI=1S/C15H24N2O/c1-4-12-7-13(10(2)5-15(12)18)14-6-11(8-16)9-17(14)3/h5,7,11,14,18H,4,6,8-9,16H2,1-3H3. The summed E-state index contributed by atoms with van der Waals surface area (Å²) < 4.78 is 0. The largest absolute Gasteiger partial charge is 0.508 e. The van der Waals surface area contributed by atoms with Crippen LogP contribution in [0.25, 0.3) is 0 Å². The highest BCUT2D eigenvalue weighted by Gasteiger charge is 2.30. The van der Waals surface area contributed by atoms with Crippen LogP contribution < -0.4 is 5.73 Å². The Labute approximate surface area is 110 Å². The van der Waals surface area contributed by atoms with Crippen LogP contribution in [0, 0.1) is 12.8 Å². The average molecular weight is 248 g/mol. The first-order valence-corrected chi connectivity index (χ1v) is 6.79. The lowest BCUT2D eigenvalue weighted by molar-refractivity contribution is 0.312. The molecule has 0 saturated carbocycles. The van der Waals surface area contributed by atoms with Crippen molar-refractivity contribution in [1.82, 2.24) is 4.90 Å². The third kappa shape index (κ3) is 2.38. The van der Waals surface area contributed by atoms with Gasteiger partial charge in [-0.05, 0) is 62.0 Å². The summed E-state index contributed by atoms with van der Waals surface area (Å²) >= 11 is 0. The number of phenols is 1. The van der Waals surface area contributed by atoms with Gasteiger partial charge in [0.1, 0.15) is 5.75 Å². The zero-order valence-electron chi connectivity index (χ0n) is 11.6. The fourth-order valence-corrected chi connectivity index (χ4v) is 3.04. The third-order valence-electron chi connectivity index (χ3n) is 4.18. The Balaban J connectivity index is 2.33. The van der Waals surface area contributed by atoms with Crippen molar-refractivity contribution in [2.24, 2.45) is 11.7 Å². The van der Waals surface area contributed by atoms with E-state index in [2.05, 4.69) is 31.9 Å². The van der Waals surface area contributed by atoms with E-state index in [4.69, 9.17) is 5.73 Å². The second kappa shape index (κ2) is 5.29. The van der Waals surface area contributed by atoms with Gasteiger partial charge in [-0.2, -0.15) is 0 Å². The van der Waals surface area contributed by atoms with E-state index < -0.39 is 0 Å². The van der Waals surface area contributed by atoms with E-state index >= 15 is 0 Å². The zero-order chi connectivity index (χ0) is 13.3. The smallest absolute Gasteiger partial charge is 0.119 e. The highest BCUT2D eigenvalue weighted by Crippen LogP contribution is 2.37. The van der Waals surface area contributed by atoms with Crippen molar-refractivity contribution in [3.63, 3.8) is 0 Å². The summed E-state index contributed by atoms with van der Waals surface area (Å²) in [5.41, 5.74) is 9.36. The van der Waals surface area contributed by atoms with Gasteiger partial charge in [0.2, 0.25) is 0 Å². The maximum atomic E-state index is 9.89. The number of aryl methyl sites for hydroxylation is 2. The summed E-state index contributed by atoms with van der Waals surface area (Å²) in [4.78, 5) is 2.39. The lowest BCUT2D eigenvalue weighted by Crippen LogP contribution is -2.21. The summed E-state index contributed by atoms with van der Waals surface area (Å²) in [6.07, 6.45) is 2.00. The highest BCUT2D eigenvalue weighted by molar-refractivity contribution is 5.43. The van der Waals surface area contributed by atoms with E-state index in [1.807, 2.05) is 6.07 Å². The number of likely N-dealkylation sites (tertiary alicyclic amines) is 1. The molecule has 0 spiro atoms. The number of aromatic hydroxyl groups is 1. The minimum Gasteiger partial charge on any atom is -0.508 e. The van der Waals surface area contributed by atoms with Crippen molar-refractivity contribution in [1.29, 1.82) is 0 Å². The molecule has 100 valence electrons. The molecule has 1 saturated heterocycles. The molecule has 1 aromatic rings. The van der Waals surface area contributed by atoms with E-state index in [0.29, 0.717) is 17.7 Å². The van der Waals surface area contributed by atoms with Gasteiger partial charge >= 0.3 is 0 Å². The molecule has 0 aliphatic carbocycles. The van der Waals surface area contributed by atoms with Crippen molar-refractivity contribution < 1.29 is 5.11 Å². The molecule has 2 atom stereocenters. The molecule has 18 heavy (non-hydrogen) atoms. The van der Waals surface area contributed by atoms with E-state index in [0.717, 1.165) is 31.5 Å². The predicted molar refractivity (Wildman–Crippen MR) is 74.8 cm³/mol. The number of hydrogen-bond acceptors (Lipinski definition) is 3. The minimum atomic E-state index is 0.426. The predicted octanol–water partition coefficient (Wildman–Crippen LogP) is 2.21. The SMILES string of the molecule is CCc1cc(C2CC(CN)CN2C)c(C)cc1O. The molecule has 2 rings (SSSR count). The van der Waals surface area contributed by atoms with E-state index in [9.17, 15) is 5.11 Å². The Bertz CT molecular complexity index is 431. The average Bonchev–Trinajstić information content (AvgIpc) is 2.71. The zero-order valence-corrected chi connectivity index (χ0v) is 11.6. The first kappa shape index (κ1) is 13.4. The monoisotopic (exact) mass is 248 g/mol. The molecule has 1 aliphatic rings. The fourth-order valence-electron chi connectivity index (χ4n) is 3.04. The van der Waals surface area contributed by atoms with Gasteiger partial charge in [-0.1, -0.05) is 13.0 Å². The molecule has 0 aromatic heterocycles. The molecule has 1 heterocycles. The number of benzene rings is 1. The van der Waals surface area contributed by atoms with Crippen LogP contribution in [0.15, 0.2) is 12.1 Å². The van der Waals surface area contributed by atoms with Crippen LogP contribution in [0.5, 0.6) is 5.75 Å². The van der Waals surface area contributed by atoms with Crippen molar-refractivity contribution in [2.75, 3.05) is 20.1 Å². The van der Waals surface area contributed by atoms with Gasteiger partial charge in [-0.15, -0.1) is 0 Å². The minimum absolute atomic E-state index is 0.426. The van der Waals surface area contributed by atoms with Crippen molar-refractivity contribution in [2.45, 2.75) is 32.7 Å². The number of nitrogens with two attached hydrogens (primary N) is 1. The molecule has 0 radical (unpaired) electrons. The van der Waals surface area contributed by atoms with Crippen LogP contribution in [-0.2, 0) is 6.42 Å². The summed E-state index contributed by atoms with van der Waals surface area (Å²) in [5, 5.41) is 9.89. The van der Waals surface area contributed by atoms with E-state index in [1.165, 1.54) is 11.1 Å². The molecule has 3 heteroatoms. The Morgan fingerprint density at radius 1 is 1.44 bits per heavy atom. The Kier molecular flexibility index (Phi) is 3.93. The van der Waals surface area contributed by atoms with E-state index in [-0.39, 0.29) is 0 Å². The van der Waals surface area contributed by atoms with Crippen molar-refractivity contribution >= 4 is 0 Å². The second-order valence-corrected chi connectivity index (χ2v) is 5.48. The van der Waals surface area contributed by atoms with Gasteiger partial charge in [-0.3, -0.25) is 4.90 Å². The van der Waals surface area contributed by atoms with E-state index in [1.54, 1.807) is 0 Å². The lowest BCUT2D eigenvalue weighted by Gasteiger charge is -2.22. The Morgan fingerprint density at radius 3 is 2.72 bits per heavy atom. The number of nitrogens with zero attached hydrogens (tertiary/aromatic N) is 1. The lowest BCUT2D eigenvalue weighted by atomic mass is 9.93. The first-order valence-electron chi connectivity index (χ1n) is 6.79. The fraction of sp³-hybridized carbons (Fsp3) is 0.600. The number of hydrogen-bond donors (Lipinski definition) is 2. The van der Waals surface area contributed by atoms with Crippen LogP contribution in [0.2, 0.25) is 0 Å². The summed E-state index contributed by atoms with van der Waals surface area (Å²) in [7, 11) is 2.16. The molecule has 1 aliphatic heterocycles.